The van der Waals surface area contributed by atoms with Crippen molar-refractivity contribution >= 4 is 15.9 Å². The average molecular weight is 332 g/mol. The van der Waals surface area contributed by atoms with E-state index in [1.54, 1.807) is 6.07 Å². The van der Waals surface area contributed by atoms with Crippen LogP contribution in [0.25, 0.3) is 0 Å². The van der Waals surface area contributed by atoms with E-state index < -0.39 is 0 Å². The second-order valence-corrected chi connectivity index (χ2v) is 5.79. The van der Waals surface area contributed by atoms with E-state index in [1.807, 2.05) is 6.92 Å². The topological polar surface area (TPSA) is 32.3 Å². The molecular weight excluding hydrogens is 309 g/mol. The summed E-state index contributed by atoms with van der Waals surface area (Å²) < 4.78 is 13.8. The van der Waals surface area contributed by atoms with Gasteiger partial charge in [0.15, 0.2) is 0 Å². The number of rotatable bonds is 7. The zero-order valence-electron chi connectivity index (χ0n) is 11.8. The standard InChI is InChI=1S/C15H23BrFNO/c1-4-11(5-2)15(19)9-18-10(3)13-7-6-12(17)8-14(13)16/h6-8,10-11,15,18-19H,4-5,9H2,1-3H3. The van der Waals surface area contributed by atoms with Gasteiger partial charge in [0.1, 0.15) is 5.82 Å². The van der Waals surface area contributed by atoms with Crippen molar-refractivity contribution in [3.05, 3.63) is 34.1 Å². The zero-order chi connectivity index (χ0) is 14.4. The molecule has 0 amide bonds. The average Bonchev–Trinajstić information content (AvgIpc) is 2.37. The van der Waals surface area contributed by atoms with Crippen molar-refractivity contribution in [3.8, 4) is 0 Å². The fraction of sp³-hybridized carbons (Fsp3) is 0.600. The fourth-order valence-electron chi connectivity index (χ4n) is 2.26. The molecule has 2 nitrogen and oxygen atoms in total. The van der Waals surface area contributed by atoms with Gasteiger partial charge in [0.25, 0.3) is 0 Å². The van der Waals surface area contributed by atoms with Crippen molar-refractivity contribution in [2.45, 2.75) is 45.8 Å². The van der Waals surface area contributed by atoms with Crippen LogP contribution in [0.1, 0.15) is 45.2 Å². The minimum absolute atomic E-state index is 0.0685. The van der Waals surface area contributed by atoms with E-state index in [0.717, 1.165) is 22.9 Å². The van der Waals surface area contributed by atoms with Crippen molar-refractivity contribution in [1.82, 2.24) is 5.32 Å². The minimum atomic E-state index is -0.336. The molecule has 0 aliphatic carbocycles. The quantitative estimate of drug-likeness (QED) is 0.790. The second kappa shape index (κ2) is 7.98. The summed E-state index contributed by atoms with van der Waals surface area (Å²) in [6.07, 6.45) is 1.62. The molecule has 0 spiro atoms. The van der Waals surface area contributed by atoms with Gasteiger partial charge in [-0.2, -0.15) is 0 Å². The molecule has 0 aromatic heterocycles. The summed E-state index contributed by atoms with van der Waals surface area (Å²) >= 11 is 3.37. The highest BCUT2D eigenvalue weighted by molar-refractivity contribution is 9.10. The highest BCUT2D eigenvalue weighted by Crippen LogP contribution is 2.24. The summed E-state index contributed by atoms with van der Waals surface area (Å²) in [4.78, 5) is 0. The van der Waals surface area contributed by atoms with E-state index in [0.29, 0.717) is 12.5 Å². The Kier molecular flexibility index (Phi) is 6.97. The van der Waals surface area contributed by atoms with E-state index in [-0.39, 0.29) is 18.0 Å². The molecule has 1 rings (SSSR count). The Balaban J connectivity index is 2.57. The largest absolute Gasteiger partial charge is 0.392 e. The van der Waals surface area contributed by atoms with Gasteiger partial charge in [-0.05, 0) is 30.5 Å². The van der Waals surface area contributed by atoms with Crippen LogP contribution in [0.2, 0.25) is 0 Å². The first-order chi connectivity index (χ1) is 8.99. The fourth-order valence-corrected chi connectivity index (χ4v) is 2.95. The molecule has 0 heterocycles. The number of benzene rings is 1. The molecule has 0 bridgehead atoms. The van der Waals surface area contributed by atoms with Gasteiger partial charge in [-0.1, -0.05) is 48.7 Å². The third-order valence-corrected chi connectivity index (χ3v) is 4.34. The van der Waals surface area contributed by atoms with Crippen LogP contribution in [0.5, 0.6) is 0 Å². The molecule has 108 valence electrons. The highest BCUT2D eigenvalue weighted by Gasteiger charge is 2.17. The smallest absolute Gasteiger partial charge is 0.124 e. The van der Waals surface area contributed by atoms with Crippen LogP contribution in [0.15, 0.2) is 22.7 Å². The molecule has 2 N–H and O–H groups in total. The molecule has 1 aromatic rings. The summed E-state index contributed by atoms with van der Waals surface area (Å²) in [6, 6.07) is 4.75. The van der Waals surface area contributed by atoms with Gasteiger partial charge in [0.05, 0.1) is 6.10 Å². The van der Waals surface area contributed by atoms with E-state index in [2.05, 4.69) is 35.1 Å². The lowest BCUT2D eigenvalue weighted by atomic mass is 9.96. The number of nitrogens with one attached hydrogen (secondary N) is 1. The molecule has 0 aliphatic heterocycles. The molecule has 1 aromatic carbocycles. The lowest BCUT2D eigenvalue weighted by molar-refractivity contribution is 0.0988. The third kappa shape index (κ3) is 4.86. The predicted octanol–water partition coefficient (Wildman–Crippen LogP) is 4.04. The predicted molar refractivity (Wildman–Crippen MR) is 80.6 cm³/mol. The first-order valence-electron chi connectivity index (χ1n) is 6.85. The molecule has 2 unspecified atom stereocenters. The van der Waals surface area contributed by atoms with Gasteiger partial charge in [0, 0.05) is 17.1 Å². The summed E-state index contributed by atoms with van der Waals surface area (Å²) in [6.45, 7) is 6.75. The SMILES string of the molecule is CCC(CC)C(O)CNC(C)c1ccc(F)cc1Br. The maximum atomic E-state index is 13.0. The van der Waals surface area contributed by atoms with Gasteiger partial charge in [-0.3, -0.25) is 0 Å². The van der Waals surface area contributed by atoms with Gasteiger partial charge < -0.3 is 10.4 Å². The van der Waals surface area contributed by atoms with Crippen LogP contribution in [0, 0.1) is 11.7 Å². The first-order valence-corrected chi connectivity index (χ1v) is 7.65. The number of halogens is 2. The molecule has 0 aliphatic rings. The van der Waals surface area contributed by atoms with Crippen LogP contribution in [-0.2, 0) is 0 Å². The molecule has 0 fully saturated rings. The number of hydrogen-bond acceptors (Lipinski definition) is 2. The molecule has 0 radical (unpaired) electrons. The molecule has 19 heavy (non-hydrogen) atoms. The van der Waals surface area contributed by atoms with Crippen LogP contribution >= 0.6 is 15.9 Å². The van der Waals surface area contributed by atoms with Gasteiger partial charge in [0.2, 0.25) is 0 Å². The summed E-state index contributed by atoms with van der Waals surface area (Å²) in [7, 11) is 0. The van der Waals surface area contributed by atoms with Crippen LogP contribution in [0.3, 0.4) is 0 Å². The number of hydrogen-bond donors (Lipinski definition) is 2. The zero-order valence-corrected chi connectivity index (χ0v) is 13.4. The van der Waals surface area contributed by atoms with E-state index >= 15 is 0 Å². The molecule has 4 heteroatoms. The molecule has 0 saturated heterocycles. The van der Waals surface area contributed by atoms with Crippen molar-refractivity contribution in [1.29, 1.82) is 0 Å². The second-order valence-electron chi connectivity index (χ2n) is 4.94. The van der Waals surface area contributed by atoms with E-state index in [4.69, 9.17) is 0 Å². The Morgan fingerprint density at radius 3 is 2.47 bits per heavy atom. The van der Waals surface area contributed by atoms with Crippen LogP contribution < -0.4 is 5.32 Å². The van der Waals surface area contributed by atoms with Crippen LogP contribution in [0.4, 0.5) is 4.39 Å². The number of aliphatic hydroxyl groups is 1. The molecule has 2 atom stereocenters. The Morgan fingerprint density at radius 1 is 1.32 bits per heavy atom. The van der Waals surface area contributed by atoms with Crippen molar-refractivity contribution < 1.29 is 9.50 Å². The Morgan fingerprint density at radius 2 is 1.95 bits per heavy atom. The summed E-state index contributed by atoms with van der Waals surface area (Å²) in [5.74, 6) is 0.0799. The maximum absolute atomic E-state index is 13.0. The normalized spacial score (nSPS) is 14.7. The third-order valence-electron chi connectivity index (χ3n) is 3.66. The monoisotopic (exact) mass is 331 g/mol. The number of aliphatic hydroxyl groups excluding tert-OH is 1. The van der Waals surface area contributed by atoms with Crippen molar-refractivity contribution in [2.75, 3.05) is 6.54 Å². The highest BCUT2D eigenvalue weighted by atomic mass is 79.9. The van der Waals surface area contributed by atoms with E-state index in [1.165, 1.54) is 12.1 Å². The molecular formula is C15H23BrFNO. The Hall–Kier alpha value is -0.450. The summed E-state index contributed by atoms with van der Waals surface area (Å²) in [5.41, 5.74) is 0.998. The Labute approximate surface area is 123 Å². The van der Waals surface area contributed by atoms with Gasteiger partial charge in [-0.15, -0.1) is 0 Å². The van der Waals surface area contributed by atoms with Gasteiger partial charge >= 0.3 is 0 Å². The maximum Gasteiger partial charge on any atom is 0.124 e. The minimum Gasteiger partial charge on any atom is -0.392 e. The first kappa shape index (κ1) is 16.6. The Bertz CT molecular complexity index is 396. The van der Waals surface area contributed by atoms with Crippen molar-refractivity contribution in [3.63, 3.8) is 0 Å². The lowest BCUT2D eigenvalue weighted by Gasteiger charge is -2.23. The van der Waals surface area contributed by atoms with Gasteiger partial charge in [-0.25, -0.2) is 4.39 Å². The molecule has 0 saturated carbocycles. The lowest BCUT2D eigenvalue weighted by Crippen LogP contribution is -2.34. The van der Waals surface area contributed by atoms with E-state index in [9.17, 15) is 9.50 Å². The van der Waals surface area contributed by atoms with Crippen LogP contribution in [-0.4, -0.2) is 17.8 Å². The van der Waals surface area contributed by atoms with Crippen molar-refractivity contribution in [2.24, 2.45) is 5.92 Å². The summed E-state index contributed by atoms with van der Waals surface area (Å²) in [5, 5.41) is 13.4.